The molecule has 2 rings (SSSR count). The molecule has 3 nitrogen and oxygen atoms in total. The van der Waals surface area contributed by atoms with Crippen LogP contribution < -0.4 is 4.90 Å². The molecule has 2 aromatic carbocycles. The Kier molecular flexibility index (Phi) is 3.11. The van der Waals surface area contributed by atoms with Gasteiger partial charge < -0.3 is 10.0 Å². The van der Waals surface area contributed by atoms with E-state index in [0.717, 1.165) is 16.5 Å². The molecule has 0 aliphatic heterocycles. The third kappa shape index (κ3) is 2.29. The van der Waals surface area contributed by atoms with Gasteiger partial charge in [0.1, 0.15) is 6.10 Å². The highest BCUT2D eigenvalue weighted by atomic mass is 16.3. The van der Waals surface area contributed by atoms with Gasteiger partial charge in [-0.3, -0.25) is 4.79 Å². The van der Waals surface area contributed by atoms with Crippen LogP contribution in [-0.4, -0.2) is 24.2 Å². The molecule has 0 saturated heterocycles. The SMILES string of the molecule is CC(O)C(=O)N(C)c1ccc2ccccc2c1. The number of anilines is 1. The molecule has 2 aromatic rings. The highest BCUT2D eigenvalue weighted by molar-refractivity contribution is 5.98. The van der Waals surface area contributed by atoms with Crippen molar-refractivity contribution in [3.05, 3.63) is 42.5 Å². The van der Waals surface area contributed by atoms with E-state index >= 15 is 0 Å². The van der Waals surface area contributed by atoms with E-state index in [2.05, 4.69) is 0 Å². The standard InChI is InChI=1S/C14H15NO2/c1-10(16)14(17)15(2)13-8-7-11-5-3-4-6-12(11)9-13/h3-10,16H,1-2H3. The molecule has 0 bridgehead atoms. The van der Waals surface area contributed by atoms with Crippen molar-refractivity contribution in [2.24, 2.45) is 0 Å². The van der Waals surface area contributed by atoms with E-state index in [1.165, 1.54) is 11.8 Å². The smallest absolute Gasteiger partial charge is 0.255 e. The van der Waals surface area contributed by atoms with Gasteiger partial charge >= 0.3 is 0 Å². The van der Waals surface area contributed by atoms with Crippen molar-refractivity contribution in [2.45, 2.75) is 13.0 Å². The number of likely N-dealkylation sites (N-methyl/N-ethyl adjacent to an activating group) is 1. The maximum absolute atomic E-state index is 11.7. The summed E-state index contributed by atoms with van der Waals surface area (Å²) in [5, 5.41) is 11.5. The summed E-state index contributed by atoms with van der Waals surface area (Å²) in [6.45, 7) is 1.47. The molecular formula is C14H15NO2. The zero-order valence-electron chi connectivity index (χ0n) is 9.92. The van der Waals surface area contributed by atoms with Gasteiger partial charge in [0.2, 0.25) is 0 Å². The molecule has 1 atom stereocenters. The summed E-state index contributed by atoms with van der Waals surface area (Å²) in [7, 11) is 1.67. The van der Waals surface area contributed by atoms with Crippen molar-refractivity contribution in [3.63, 3.8) is 0 Å². The zero-order chi connectivity index (χ0) is 12.4. The summed E-state index contributed by atoms with van der Waals surface area (Å²) in [4.78, 5) is 13.1. The van der Waals surface area contributed by atoms with Gasteiger partial charge in [-0.15, -0.1) is 0 Å². The van der Waals surface area contributed by atoms with E-state index in [-0.39, 0.29) is 5.91 Å². The molecule has 1 unspecified atom stereocenters. The largest absolute Gasteiger partial charge is 0.384 e. The Balaban J connectivity index is 2.39. The minimum atomic E-state index is -0.980. The van der Waals surface area contributed by atoms with Gasteiger partial charge in [-0.25, -0.2) is 0 Å². The average Bonchev–Trinajstić information content (AvgIpc) is 2.36. The molecule has 1 N–H and O–H groups in total. The van der Waals surface area contributed by atoms with Gasteiger partial charge in [-0.2, -0.15) is 0 Å². The number of hydrogen-bond acceptors (Lipinski definition) is 2. The molecule has 0 spiro atoms. The molecule has 0 aliphatic rings. The van der Waals surface area contributed by atoms with Crippen LogP contribution in [0.4, 0.5) is 5.69 Å². The number of nitrogens with zero attached hydrogens (tertiary/aromatic N) is 1. The van der Waals surface area contributed by atoms with Crippen molar-refractivity contribution >= 4 is 22.4 Å². The van der Waals surface area contributed by atoms with Crippen molar-refractivity contribution < 1.29 is 9.90 Å². The number of rotatable bonds is 2. The first kappa shape index (κ1) is 11.6. The summed E-state index contributed by atoms with van der Waals surface area (Å²) in [5.74, 6) is -0.305. The van der Waals surface area contributed by atoms with E-state index in [4.69, 9.17) is 0 Å². The van der Waals surface area contributed by atoms with E-state index in [0.29, 0.717) is 0 Å². The van der Waals surface area contributed by atoms with Crippen LogP contribution in [0.15, 0.2) is 42.5 Å². The summed E-state index contributed by atoms with van der Waals surface area (Å²) >= 11 is 0. The second-order valence-electron chi connectivity index (χ2n) is 4.10. The number of hydrogen-bond donors (Lipinski definition) is 1. The minimum absolute atomic E-state index is 0.305. The maximum Gasteiger partial charge on any atom is 0.255 e. The maximum atomic E-state index is 11.7. The Hall–Kier alpha value is -1.87. The molecular weight excluding hydrogens is 214 g/mol. The van der Waals surface area contributed by atoms with Gasteiger partial charge in [-0.1, -0.05) is 30.3 Å². The number of benzene rings is 2. The Morgan fingerprint density at radius 1 is 1.18 bits per heavy atom. The van der Waals surface area contributed by atoms with Gasteiger partial charge in [0.25, 0.3) is 5.91 Å². The van der Waals surface area contributed by atoms with Crippen molar-refractivity contribution in [1.82, 2.24) is 0 Å². The number of aliphatic hydroxyl groups is 1. The minimum Gasteiger partial charge on any atom is -0.384 e. The number of carbonyl (C=O) groups excluding carboxylic acids is 1. The lowest BCUT2D eigenvalue weighted by Gasteiger charge is -2.19. The van der Waals surface area contributed by atoms with Crippen LogP contribution in [-0.2, 0) is 4.79 Å². The normalized spacial score (nSPS) is 12.4. The monoisotopic (exact) mass is 229 g/mol. The molecule has 1 amide bonds. The number of fused-ring (bicyclic) bond motifs is 1. The summed E-state index contributed by atoms with van der Waals surface area (Å²) in [5.41, 5.74) is 0.787. The summed E-state index contributed by atoms with van der Waals surface area (Å²) in [6, 6.07) is 13.7. The molecule has 0 heterocycles. The van der Waals surface area contributed by atoms with E-state index < -0.39 is 6.10 Å². The molecule has 0 radical (unpaired) electrons. The van der Waals surface area contributed by atoms with Crippen LogP contribution in [0, 0.1) is 0 Å². The lowest BCUT2D eigenvalue weighted by Crippen LogP contribution is -2.34. The van der Waals surface area contributed by atoms with Crippen LogP contribution in [0.5, 0.6) is 0 Å². The lowest BCUT2D eigenvalue weighted by atomic mass is 10.1. The molecule has 0 aromatic heterocycles. The second-order valence-corrected chi connectivity index (χ2v) is 4.10. The Morgan fingerprint density at radius 2 is 1.82 bits per heavy atom. The van der Waals surface area contributed by atoms with Gasteiger partial charge in [0.05, 0.1) is 0 Å². The Bertz CT molecular complexity index is 549. The second kappa shape index (κ2) is 4.55. The first-order valence-electron chi connectivity index (χ1n) is 5.54. The van der Waals surface area contributed by atoms with Crippen LogP contribution in [0.25, 0.3) is 10.8 Å². The Labute approximate surface area is 100 Å². The number of carbonyl (C=O) groups is 1. The van der Waals surface area contributed by atoms with Crippen molar-refractivity contribution in [1.29, 1.82) is 0 Å². The highest BCUT2D eigenvalue weighted by Crippen LogP contribution is 2.21. The van der Waals surface area contributed by atoms with Crippen molar-refractivity contribution in [3.8, 4) is 0 Å². The summed E-state index contributed by atoms with van der Waals surface area (Å²) < 4.78 is 0. The molecule has 0 fully saturated rings. The fraction of sp³-hybridized carbons (Fsp3) is 0.214. The number of aliphatic hydroxyl groups excluding tert-OH is 1. The first-order valence-corrected chi connectivity index (χ1v) is 5.54. The zero-order valence-corrected chi connectivity index (χ0v) is 9.92. The van der Waals surface area contributed by atoms with Crippen LogP contribution in [0.3, 0.4) is 0 Å². The van der Waals surface area contributed by atoms with Gasteiger partial charge in [0, 0.05) is 12.7 Å². The van der Waals surface area contributed by atoms with Crippen molar-refractivity contribution in [2.75, 3.05) is 11.9 Å². The third-order valence-electron chi connectivity index (χ3n) is 2.81. The summed E-state index contributed by atoms with van der Waals surface area (Å²) in [6.07, 6.45) is -0.980. The molecule has 0 saturated carbocycles. The fourth-order valence-electron chi connectivity index (χ4n) is 1.79. The van der Waals surface area contributed by atoms with Crippen LogP contribution in [0.2, 0.25) is 0 Å². The average molecular weight is 229 g/mol. The van der Waals surface area contributed by atoms with E-state index in [9.17, 15) is 9.90 Å². The topological polar surface area (TPSA) is 40.5 Å². The first-order chi connectivity index (χ1) is 8.09. The van der Waals surface area contributed by atoms with E-state index in [1.54, 1.807) is 7.05 Å². The molecule has 0 aliphatic carbocycles. The predicted octanol–water partition coefficient (Wildman–Crippen LogP) is 2.18. The molecule has 17 heavy (non-hydrogen) atoms. The van der Waals surface area contributed by atoms with Gasteiger partial charge in [-0.05, 0) is 29.8 Å². The van der Waals surface area contributed by atoms with Crippen LogP contribution in [0.1, 0.15) is 6.92 Å². The molecule has 88 valence electrons. The number of amides is 1. The third-order valence-corrected chi connectivity index (χ3v) is 2.81. The molecule has 3 heteroatoms. The fourth-order valence-corrected chi connectivity index (χ4v) is 1.79. The Morgan fingerprint density at radius 3 is 2.47 bits per heavy atom. The van der Waals surface area contributed by atoms with E-state index in [1.807, 2.05) is 42.5 Å². The van der Waals surface area contributed by atoms with Crippen LogP contribution >= 0.6 is 0 Å². The predicted molar refractivity (Wildman–Crippen MR) is 69.0 cm³/mol. The van der Waals surface area contributed by atoms with Gasteiger partial charge in [0.15, 0.2) is 0 Å². The quantitative estimate of drug-likeness (QED) is 0.857. The highest BCUT2D eigenvalue weighted by Gasteiger charge is 2.15. The lowest BCUT2D eigenvalue weighted by molar-refractivity contribution is -0.125.